The molecule has 1 aromatic heterocycles. The molecular formula is C17H19NO2S. The van der Waals surface area contributed by atoms with Crippen molar-refractivity contribution in [1.82, 2.24) is 5.32 Å². The third-order valence-corrected chi connectivity index (χ3v) is 5.09. The number of hydrogen-bond acceptors (Lipinski definition) is 3. The maximum absolute atomic E-state index is 12.4. The number of hydrogen-bond donors (Lipinski definition) is 1. The van der Waals surface area contributed by atoms with Crippen LogP contribution in [0.3, 0.4) is 0 Å². The maximum atomic E-state index is 12.4. The highest BCUT2D eigenvalue weighted by Crippen LogP contribution is 2.42. The number of para-hydroxylation sites is 1. The van der Waals surface area contributed by atoms with E-state index in [9.17, 15) is 4.79 Å². The molecule has 110 valence electrons. The highest BCUT2D eigenvalue weighted by atomic mass is 32.1. The molecule has 21 heavy (non-hydrogen) atoms. The lowest BCUT2D eigenvalue weighted by Gasteiger charge is -2.23. The Labute approximate surface area is 129 Å². The van der Waals surface area contributed by atoms with Gasteiger partial charge >= 0.3 is 0 Å². The molecule has 4 heteroatoms. The summed E-state index contributed by atoms with van der Waals surface area (Å²) in [4.78, 5) is 14.3. The van der Waals surface area contributed by atoms with Gasteiger partial charge in [0.1, 0.15) is 12.4 Å². The normalized spacial score (nSPS) is 13.1. The molecule has 1 aromatic carbocycles. The number of rotatable bonds is 3. The number of ether oxygens (including phenoxy) is 1. The standard InChI is InChI=1S/C17H19NO2S/c1-4-17(2,3)18-16(19)14-9-11-10-20-13-8-6-5-7-12(13)15(11)21-14/h5-9H,4,10H2,1-3H3,(H,18,19). The van der Waals surface area contributed by atoms with Crippen LogP contribution in [-0.2, 0) is 6.61 Å². The van der Waals surface area contributed by atoms with Gasteiger partial charge < -0.3 is 10.1 Å². The predicted molar refractivity (Wildman–Crippen MR) is 85.9 cm³/mol. The number of thiophene rings is 1. The summed E-state index contributed by atoms with van der Waals surface area (Å²) in [6.45, 7) is 6.69. The van der Waals surface area contributed by atoms with E-state index in [1.807, 2.05) is 44.2 Å². The fourth-order valence-corrected chi connectivity index (χ4v) is 3.36. The summed E-state index contributed by atoms with van der Waals surface area (Å²) in [5.74, 6) is 0.895. The molecule has 2 heterocycles. The maximum Gasteiger partial charge on any atom is 0.261 e. The number of carbonyl (C=O) groups excluding carboxylic acids is 1. The zero-order chi connectivity index (χ0) is 15.0. The number of amides is 1. The average Bonchev–Trinajstić information content (AvgIpc) is 2.91. The molecule has 1 amide bonds. The van der Waals surface area contributed by atoms with Gasteiger partial charge in [-0.3, -0.25) is 4.79 Å². The molecular weight excluding hydrogens is 282 g/mol. The van der Waals surface area contributed by atoms with E-state index in [2.05, 4.69) is 12.2 Å². The lowest BCUT2D eigenvalue weighted by Crippen LogP contribution is -2.42. The highest BCUT2D eigenvalue weighted by Gasteiger charge is 2.24. The first-order valence-electron chi connectivity index (χ1n) is 7.17. The van der Waals surface area contributed by atoms with E-state index in [1.165, 1.54) is 0 Å². The Bertz CT molecular complexity index is 688. The molecule has 0 radical (unpaired) electrons. The molecule has 0 bridgehead atoms. The summed E-state index contributed by atoms with van der Waals surface area (Å²) >= 11 is 1.55. The largest absolute Gasteiger partial charge is 0.488 e. The van der Waals surface area contributed by atoms with Crippen LogP contribution in [0.25, 0.3) is 10.4 Å². The number of nitrogens with one attached hydrogen (secondary N) is 1. The quantitative estimate of drug-likeness (QED) is 0.921. The second-order valence-electron chi connectivity index (χ2n) is 5.94. The van der Waals surface area contributed by atoms with Gasteiger partial charge in [-0.15, -0.1) is 11.3 Å². The molecule has 2 aromatic rings. The van der Waals surface area contributed by atoms with Crippen LogP contribution in [0.2, 0.25) is 0 Å². The Morgan fingerprint density at radius 3 is 2.90 bits per heavy atom. The monoisotopic (exact) mass is 301 g/mol. The van der Waals surface area contributed by atoms with Crippen molar-refractivity contribution >= 4 is 17.2 Å². The van der Waals surface area contributed by atoms with Crippen molar-refractivity contribution in [2.45, 2.75) is 39.3 Å². The van der Waals surface area contributed by atoms with Crippen LogP contribution in [0, 0.1) is 0 Å². The van der Waals surface area contributed by atoms with Crippen LogP contribution in [0.15, 0.2) is 30.3 Å². The fourth-order valence-electron chi connectivity index (χ4n) is 2.27. The predicted octanol–water partition coefficient (Wildman–Crippen LogP) is 4.23. The van der Waals surface area contributed by atoms with E-state index >= 15 is 0 Å². The van der Waals surface area contributed by atoms with Crippen molar-refractivity contribution in [1.29, 1.82) is 0 Å². The molecule has 1 aliphatic rings. The smallest absolute Gasteiger partial charge is 0.261 e. The van der Waals surface area contributed by atoms with Gasteiger partial charge in [-0.05, 0) is 38.5 Å². The van der Waals surface area contributed by atoms with Gasteiger partial charge in [0.15, 0.2) is 0 Å². The Morgan fingerprint density at radius 1 is 1.38 bits per heavy atom. The molecule has 0 saturated heterocycles. The van der Waals surface area contributed by atoms with Crippen LogP contribution in [0.4, 0.5) is 0 Å². The Hall–Kier alpha value is -1.81. The van der Waals surface area contributed by atoms with Crippen molar-refractivity contribution in [2.75, 3.05) is 0 Å². The zero-order valence-electron chi connectivity index (χ0n) is 12.5. The van der Waals surface area contributed by atoms with Crippen LogP contribution in [0.5, 0.6) is 5.75 Å². The summed E-state index contributed by atoms with van der Waals surface area (Å²) in [5.41, 5.74) is 1.99. The molecule has 0 spiro atoms. The minimum absolute atomic E-state index is 0.00117. The van der Waals surface area contributed by atoms with Gasteiger partial charge in [-0.25, -0.2) is 0 Å². The van der Waals surface area contributed by atoms with E-state index in [1.54, 1.807) is 11.3 Å². The van der Waals surface area contributed by atoms with Crippen LogP contribution < -0.4 is 10.1 Å². The summed E-state index contributed by atoms with van der Waals surface area (Å²) in [6.07, 6.45) is 0.899. The first-order chi connectivity index (χ1) is 10.00. The molecule has 3 nitrogen and oxygen atoms in total. The van der Waals surface area contributed by atoms with Crippen molar-refractivity contribution < 1.29 is 9.53 Å². The van der Waals surface area contributed by atoms with Gasteiger partial charge in [-0.1, -0.05) is 19.1 Å². The first-order valence-corrected chi connectivity index (χ1v) is 7.99. The number of carbonyl (C=O) groups is 1. The van der Waals surface area contributed by atoms with E-state index in [0.717, 1.165) is 33.1 Å². The van der Waals surface area contributed by atoms with Gasteiger partial charge in [0, 0.05) is 21.5 Å². The summed E-state index contributed by atoms with van der Waals surface area (Å²) in [7, 11) is 0. The van der Waals surface area contributed by atoms with E-state index in [-0.39, 0.29) is 11.4 Å². The summed E-state index contributed by atoms with van der Waals surface area (Å²) in [5, 5.41) is 3.09. The van der Waals surface area contributed by atoms with Gasteiger partial charge in [-0.2, -0.15) is 0 Å². The molecule has 1 aliphatic heterocycles. The third kappa shape index (κ3) is 2.68. The minimum Gasteiger partial charge on any atom is -0.488 e. The van der Waals surface area contributed by atoms with Gasteiger partial charge in [0.05, 0.1) is 4.88 Å². The summed E-state index contributed by atoms with van der Waals surface area (Å²) in [6, 6.07) is 9.93. The van der Waals surface area contributed by atoms with Crippen molar-refractivity contribution in [3.05, 3.63) is 40.8 Å². The number of fused-ring (bicyclic) bond motifs is 3. The lowest BCUT2D eigenvalue weighted by atomic mass is 10.0. The highest BCUT2D eigenvalue weighted by molar-refractivity contribution is 7.17. The SMILES string of the molecule is CCC(C)(C)NC(=O)c1cc2c(s1)-c1ccccc1OC2. The average molecular weight is 301 g/mol. The third-order valence-electron chi connectivity index (χ3n) is 3.88. The molecule has 3 rings (SSSR count). The Balaban J connectivity index is 1.92. The van der Waals surface area contributed by atoms with Gasteiger partial charge in [0.2, 0.25) is 0 Å². The topological polar surface area (TPSA) is 38.3 Å². The molecule has 0 fully saturated rings. The van der Waals surface area contributed by atoms with E-state index in [0.29, 0.717) is 6.61 Å². The minimum atomic E-state index is -0.185. The van der Waals surface area contributed by atoms with Crippen molar-refractivity contribution in [3.63, 3.8) is 0 Å². The molecule has 1 N–H and O–H groups in total. The van der Waals surface area contributed by atoms with Crippen molar-refractivity contribution in [2.24, 2.45) is 0 Å². The van der Waals surface area contributed by atoms with E-state index < -0.39 is 0 Å². The summed E-state index contributed by atoms with van der Waals surface area (Å²) < 4.78 is 5.74. The first kappa shape index (κ1) is 14.1. The molecule has 0 aliphatic carbocycles. The van der Waals surface area contributed by atoms with Crippen LogP contribution >= 0.6 is 11.3 Å². The fraction of sp³-hybridized carbons (Fsp3) is 0.353. The lowest BCUT2D eigenvalue weighted by molar-refractivity contribution is 0.0915. The second-order valence-corrected chi connectivity index (χ2v) is 6.99. The van der Waals surface area contributed by atoms with Gasteiger partial charge in [0.25, 0.3) is 5.91 Å². The zero-order valence-corrected chi connectivity index (χ0v) is 13.3. The van der Waals surface area contributed by atoms with E-state index in [4.69, 9.17) is 4.74 Å². The van der Waals surface area contributed by atoms with Crippen LogP contribution in [0.1, 0.15) is 42.4 Å². The van der Waals surface area contributed by atoms with Crippen molar-refractivity contribution in [3.8, 4) is 16.2 Å². The Kier molecular flexibility index (Phi) is 3.49. The molecule has 0 saturated carbocycles. The molecule has 0 atom stereocenters. The molecule has 0 unspecified atom stereocenters. The number of benzene rings is 1. The second kappa shape index (κ2) is 5.19. The Morgan fingerprint density at radius 2 is 2.14 bits per heavy atom. The van der Waals surface area contributed by atoms with Crippen LogP contribution in [-0.4, -0.2) is 11.4 Å².